The van der Waals surface area contributed by atoms with Gasteiger partial charge in [0.1, 0.15) is 0 Å². The number of unbranched alkanes of at least 4 members (excludes halogenated alkanes) is 1. The van der Waals surface area contributed by atoms with E-state index < -0.39 is 0 Å². The van der Waals surface area contributed by atoms with Gasteiger partial charge in [-0.25, -0.2) is 4.99 Å². The van der Waals surface area contributed by atoms with Crippen LogP contribution in [0.2, 0.25) is 5.02 Å². The van der Waals surface area contributed by atoms with Crippen LogP contribution in [-0.2, 0) is 4.79 Å². The van der Waals surface area contributed by atoms with E-state index in [9.17, 15) is 4.79 Å². The highest BCUT2D eigenvalue weighted by atomic mass is 35.5. The number of pyridine rings is 1. The van der Waals surface area contributed by atoms with Crippen molar-refractivity contribution < 1.29 is 14.3 Å². The molecule has 0 bridgehead atoms. The zero-order chi connectivity index (χ0) is 22.2. The van der Waals surface area contributed by atoms with E-state index >= 15 is 0 Å². The first-order valence-corrected chi connectivity index (χ1v) is 11.1. The van der Waals surface area contributed by atoms with Crippen molar-refractivity contribution in [1.29, 1.82) is 0 Å². The van der Waals surface area contributed by atoms with Crippen LogP contribution in [0.15, 0.2) is 59.2 Å². The van der Waals surface area contributed by atoms with Gasteiger partial charge in [-0.05, 0) is 48.0 Å². The first-order valence-electron chi connectivity index (χ1n) is 9.88. The van der Waals surface area contributed by atoms with Gasteiger partial charge in [-0.15, -0.1) is 6.58 Å². The molecule has 0 aliphatic carbocycles. The number of ether oxygens (including phenoxy) is 2. The average Bonchev–Trinajstić information content (AvgIpc) is 3.05. The summed E-state index contributed by atoms with van der Waals surface area (Å²) in [6.45, 7) is 6.84. The van der Waals surface area contributed by atoms with Gasteiger partial charge in [-0.3, -0.25) is 14.7 Å². The van der Waals surface area contributed by atoms with E-state index in [0.717, 1.165) is 18.4 Å². The Labute approximate surface area is 191 Å². The Morgan fingerprint density at radius 3 is 2.87 bits per heavy atom. The van der Waals surface area contributed by atoms with Gasteiger partial charge < -0.3 is 9.47 Å². The lowest BCUT2D eigenvalue weighted by molar-refractivity contribution is -0.121. The number of aliphatic imine (C=N–C) groups is 1. The molecule has 0 spiro atoms. The molecule has 0 radical (unpaired) electrons. The van der Waals surface area contributed by atoms with E-state index in [4.69, 9.17) is 21.1 Å². The number of hydrogen-bond acceptors (Lipinski definition) is 6. The summed E-state index contributed by atoms with van der Waals surface area (Å²) in [6, 6.07) is 7.32. The van der Waals surface area contributed by atoms with Crippen molar-refractivity contribution in [3.63, 3.8) is 0 Å². The zero-order valence-electron chi connectivity index (χ0n) is 17.5. The van der Waals surface area contributed by atoms with Gasteiger partial charge in [-0.1, -0.05) is 37.1 Å². The van der Waals surface area contributed by atoms with Crippen molar-refractivity contribution >= 4 is 46.2 Å². The second-order valence-electron chi connectivity index (χ2n) is 6.65. The molecule has 1 aromatic heterocycles. The van der Waals surface area contributed by atoms with Gasteiger partial charge in [0.25, 0.3) is 5.91 Å². The molecular formula is C23H24ClN3O3S. The van der Waals surface area contributed by atoms with E-state index in [0.29, 0.717) is 45.4 Å². The van der Waals surface area contributed by atoms with Gasteiger partial charge in [0.15, 0.2) is 16.7 Å². The standard InChI is InChI=1S/C23H24ClN3O3S/c1-4-6-12-30-19-8-7-16(13-20(19)29-3)14-21-22(28)27(11-5-2)23(31-21)26-18-9-10-25-15-17(18)24/h5,7-10,13-15H,2,4,6,11-12H2,1,3H3/b21-14-,26-23?. The summed E-state index contributed by atoms with van der Waals surface area (Å²) in [6.07, 6.45) is 8.64. The minimum Gasteiger partial charge on any atom is -0.493 e. The van der Waals surface area contributed by atoms with Gasteiger partial charge in [-0.2, -0.15) is 0 Å². The molecule has 2 heterocycles. The number of carbonyl (C=O) groups excluding carboxylic acids is 1. The summed E-state index contributed by atoms with van der Waals surface area (Å²) in [5.41, 5.74) is 1.38. The fourth-order valence-corrected chi connectivity index (χ4v) is 3.98. The van der Waals surface area contributed by atoms with Crippen LogP contribution in [-0.4, -0.2) is 41.2 Å². The van der Waals surface area contributed by atoms with E-state index in [-0.39, 0.29) is 5.91 Å². The molecule has 1 aliphatic rings. The SMILES string of the molecule is C=CCN1C(=O)/C(=C/c2ccc(OCCCC)c(OC)c2)SC1=Nc1ccncc1Cl. The van der Waals surface area contributed by atoms with Gasteiger partial charge in [0, 0.05) is 18.9 Å². The molecule has 6 nitrogen and oxygen atoms in total. The van der Waals surface area contributed by atoms with Crippen LogP contribution in [0.3, 0.4) is 0 Å². The van der Waals surface area contributed by atoms with Crippen LogP contribution >= 0.6 is 23.4 Å². The van der Waals surface area contributed by atoms with Gasteiger partial charge >= 0.3 is 0 Å². The molecular weight excluding hydrogens is 434 g/mol. The van der Waals surface area contributed by atoms with Crippen molar-refractivity contribution in [2.45, 2.75) is 19.8 Å². The first-order chi connectivity index (χ1) is 15.1. The Bertz CT molecular complexity index is 1020. The number of rotatable bonds is 9. The first kappa shape index (κ1) is 22.9. The number of amides is 1. The minimum atomic E-state index is -0.143. The molecule has 1 aliphatic heterocycles. The Hall–Kier alpha value is -2.77. The third-order valence-electron chi connectivity index (χ3n) is 4.41. The number of benzene rings is 1. The van der Waals surface area contributed by atoms with Crippen molar-refractivity contribution in [3.05, 3.63) is 64.8 Å². The molecule has 1 saturated heterocycles. The fourth-order valence-electron chi connectivity index (χ4n) is 2.81. The molecule has 0 N–H and O–H groups in total. The Morgan fingerprint density at radius 2 is 2.16 bits per heavy atom. The molecule has 0 atom stereocenters. The van der Waals surface area contributed by atoms with Crippen molar-refractivity contribution in [3.8, 4) is 11.5 Å². The molecule has 1 aromatic carbocycles. The van der Waals surface area contributed by atoms with E-state index in [1.165, 1.54) is 18.0 Å². The number of hydrogen-bond donors (Lipinski definition) is 0. The quantitative estimate of drug-likeness (QED) is 0.274. The maximum Gasteiger partial charge on any atom is 0.267 e. The largest absolute Gasteiger partial charge is 0.493 e. The average molecular weight is 458 g/mol. The van der Waals surface area contributed by atoms with E-state index in [1.54, 1.807) is 30.3 Å². The van der Waals surface area contributed by atoms with Crippen molar-refractivity contribution in [2.75, 3.05) is 20.3 Å². The minimum absolute atomic E-state index is 0.143. The second kappa shape index (κ2) is 11.0. The maximum atomic E-state index is 13.0. The number of thioether (sulfide) groups is 1. The molecule has 0 unspecified atom stereocenters. The highest BCUT2D eigenvalue weighted by molar-refractivity contribution is 8.18. The highest BCUT2D eigenvalue weighted by Crippen LogP contribution is 2.36. The molecule has 1 amide bonds. The van der Waals surface area contributed by atoms with Crippen LogP contribution < -0.4 is 9.47 Å². The Balaban J connectivity index is 1.89. The Morgan fingerprint density at radius 1 is 1.32 bits per heavy atom. The molecule has 3 rings (SSSR count). The topological polar surface area (TPSA) is 64.0 Å². The fraction of sp³-hybridized carbons (Fsp3) is 0.261. The van der Waals surface area contributed by atoms with Gasteiger partial charge in [0.05, 0.1) is 29.3 Å². The van der Waals surface area contributed by atoms with Crippen LogP contribution in [0, 0.1) is 0 Å². The molecule has 2 aromatic rings. The highest BCUT2D eigenvalue weighted by Gasteiger charge is 2.32. The van der Waals surface area contributed by atoms with Crippen LogP contribution in [0.5, 0.6) is 11.5 Å². The normalized spacial score (nSPS) is 16.2. The number of halogens is 1. The molecule has 0 saturated carbocycles. The predicted molar refractivity (Wildman–Crippen MR) is 127 cm³/mol. The van der Waals surface area contributed by atoms with Crippen LogP contribution in [0.25, 0.3) is 6.08 Å². The number of nitrogens with zero attached hydrogens (tertiary/aromatic N) is 3. The van der Waals surface area contributed by atoms with Crippen molar-refractivity contribution in [2.24, 2.45) is 4.99 Å². The summed E-state index contributed by atoms with van der Waals surface area (Å²) in [5, 5.41) is 0.957. The van der Waals surface area contributed by atoms with E-state index in [2.05, 4.69) is 23.5 Å². The molecule has 31 heavy (non-hydrogen) atoms. The lowest BCUT2D eigenvalue weighted by atomic mass is 10.2. The van der Waals surface area contributed by atoms with Crippen LogP contribution in [0.4, 0.5) is 5.69 Å². The van der Waals surface area contributed by atoms with Crippen molar-refractivity contribution in [1.82, 2.24) is 9.88 Å². The molecule has 1 fully saturated rings. The Kier molecular flexibility index (Phi) is 8.14. The molecule has 8 heteroatoms. The summed E-state index contributed by atoms with van der Waals surface area (Å²) in [5.74, 6) is 1.17. The van der Waals surface area contributed by atoms with Gasteiger partial charge in [0.2, 0.25) is 0 Å². The number of methoxy groups -OCH3 is 1. The monoisotopic (exact) mass is 457 g/mol. The lowest BCUT2D eigenvalue weighted by Crippen LogP contribution is -2.29. The number of aromatic nitrogens is 1. The van der Waals surface area contributed by atoms with E-state index in [1.807, 2.05) is 24.3 Å². The summed E-state index contributed by atoms with van der Waals surface area (Å²) >= 11 is 7.47. The third kappa shape index (κ3) is 5.68. The summed E-state index contributed by atoms with van der Waals surface area (Å²) < 4.78 is 11.3. The number of amidine groups is 1. The molecule has 162 valence electrons. The zero-order valence-corrected chi connectivity index (χ0v) is 19.1. The maximum absolute atomic E-state index is 13.0. The number of carbonyl (C=O) groups is 1. The summed E-state index contributed by atoms with van der Waals surface area (Å²) in [7, 11) is 1.60. The lowest BCUT2D eigenvalue weighted by Gasteiger charge is -2.12. The smallest absolute Gasteiger partial charge is 0.267 e. The second-order valence-corrected chi connectivity index (χ2v) is 8.07. The predicted octanol–water partition coefficient (Wildman–Crippen LogP) is 5.71. The van der Waals surface area contributed by atoms with Crippen LogP contribution in [0.1, 0.15) is 25.3 Å². The summed E-state index contributed by atoms with van der Waals surface area (Å²) in [4.78, 5) is 23.6. The third-order valence-corrected chi connectivity index (χ3v) is 5.71.